The van der Waals surface area contributed by atoms with E-state index in [-0.39, 0.29) is 0 Å². The van der Waals surface area contributed by atoms with Crippen molar-refractivity contribution < 1.29 is 45.7 Å². The Hall–Kier alpha value is -1.06. The molecule has 0 aliphatic rings. The molecule has 0 rings (SSSR count). The van der Waals surface area contributed by atoms with Gasteiger partial charge in [0.1, 0.15) is 0 Å². The summed E-state index contributed by atoms with van der Waals surface area (Å²) in [7, 11) is 0. The highest BCUT2D eigenvalue weighted by molar-refractivity contribution is 5.78. The van der Waals surface area contributed by atoms with E-state index in [1.54, 1.807) is 0 Å². The molecule has 0 aliphatic carbocycles. The van der Waals surface area contributed by atoms with Gasteiger partial charge in [-0.15, -0.1) is 0 Å². The summed E-state index contributed by atoms with van der Waals surface area (Å²) in [5, 5.41) is 9.02. The van der Waals surface area contributed by atoms with E-state index in [0.29, 0.717) is 0 Å². The molecule has 0 aromatic carbocycles. The summed E-state index contributed by atoms with van der Waals surface area (Å²) >= 11 is 0. The summed E-state index contributed by atoms with van der Waals surface area (Å²) in [6, 6.07) is 0. The second kappa shape index (κ2) is 3.26. The summed E-state index contributed by atoms with van der Waals surface area (Å²) in [4.78, 5) is 11.5. The average molecular weight is 229 g/mol. The maximum atomic E-state index is 11.9. The van der Waals surface area contributed by atoms with Crippen LogP contribution in [0.15, 0.2) is 0 Å². The third-order valence-electron chi connectivity index (χ3n) is 1.08. The van der Waals surface area contributed by atoms with E-state index in [2.05, 4.69) is 0 Å². The molecule has 0 amide bonds. The van der Waals surface area contributed by atoms with Gasteiger partial charge in [-0.3, -0.25) is 0 Å². The Morgan fingerprint density at radius 1 is 1.00 bits per heavy atom. The van der Waals surface area contributed by atoms with Crippen molar-refractivity contribution in [1.82, 2.24) is 0 Å². The minimum Gasteiger partial charge on any atom is -0.661 e. The molecule has 0 saturated heterocycles. The molecule has 0 bridgehead atoms. The smallest absolute Gasteiger partial charge is 0.460 e. The van der Waals surface area contributed by atoms with E-state index < -0.39 is 24.0 Å². The fourth-order valence-corrected chi connectivity index (χ4v) is 0.359. The fourth-order valence-electron chi connectivity index (χ4n) is 0.359. The van der Waals surface area contributed by atoms with Gasteiger partial charge in [-0.1, -0.05) is 0 Å². The Kier molecular flexibility index (Phi) is 3.01. The molecule has 0 aromatic rings. The summed E-state index contributed by atoms with van der Waals surface area (Å²) in [5.74, 6) is -16.4. The highest BCUT2D eigenvalue weighted by Crippen LogP contribution is 2.46. The Balaban J connectivity index is 5.18. The van der Waals surface area contributed by atoms with Gasteiger partial charge in [-0.05, 0) is 0 Å². The van der Waals surface area contributed by atoms with Gasteiger partial charge in [0.15, 0.2) is 0 Å². The first-order valence-electron chi connectivity index (χ1n) is 2.65. The van der Waals surface area contributed by atoms with Crippen LogP contribution in [0.4, 0.5) is 30.7 Å². The van der Waals surface area contributed by atoms with Crippen molar-refractivity contribution in [2.75, 3.05) is 0 Å². The first-order chi connectivity index (χ1) is 5.98. The number of hydrogen-bond acceptors (Lipinski definition) is 3. The van der Waals surface area contributed by atoms with E-state index in [1.807, 2.05) is 4.89 Å². The number of hydrogen-bond donors (Lipinski definition) is 0. The van der Waals surface area contributed by atoms with Crippen molar-refractivity contribution in [3.8, 4) is 0 Å². The summed E-state index contributed by atoms with van der Waals surface area (Å²) in [6.07, 6.45) is -6.66. The van der Waals surface area contributed by atoms with Crippen molar-refractivity contribution in [1.29, 1.82) is 0 Å². The lowest BCUT2D eigenvalue weighted by Gasteiger charge is -2.26. The number of halogens is 7. The molecule has 0 N–H and O–H groups in total. The minimum atomic E-state index is -6.66. The molecule has 14 heavy (non-hydrogen) atoms. The van der Waals surface area contributed by atoms with Crippen LogP contribution in [0, 0.1) is 0 Å². The molecule has 0 unspecified atom stereocenters. The van der Waals surface area contributed by atoms with E-state index in [1.165, 1.54) is 0 Å². The summed E-state index contributed by atoms with van der Waals surface area (Å²) < 4.78 is 81.4. The Morgan fingerprint density at radius 3 is 1.57 bits per heavy atom. The van der Waals surface area contributed by atoms with Crippen LogP contribution in [0.25, 0.3) is 0 Å². The fraction of sp³-hybridized carbons (Fsp3) is 0.750. The predicted molar refractivity (Wildman–Crippen MR) is 22.0 cm³/mol. The Bertz CT molecular complexity index is 232. The first-order valence-corrected chi connectivity index (χ1v) is 2.65. The molecule has 0 aromatic heterocycles. The van der Waals surface area contributed by atoms with Crippen molar-refractivity contribution >= 4 is 5.97 Å². The van der Waals surface area contributed by atoms with Crippen molar-refractivity contribution in [3.63, 3.8) is 0 Å². The summed E-state index contributed by atoms with van der Waals surface area (Å²) in [5.41, 5.74) is 0. The molecule has 0 radical (unpaired) electrons. The Labute approximate surface area is 71.0 Å². The van der Waals surface area contributed by atoms with Crippen molar-refractivity contribution in [2.24, 2.45) is 0 Å². The van der Waals surface area contributed by atoms with Gasteiger partial charge in [0, 0.05) is 0 Å². The van der Waals surface area contributed by atoms with Crippen LogP contribution in [0.1, 0.15) is 0 Å². The van der Waals surface area contributed by atoms with Crippen LogP contribution in [-0.2, 0) is 9.68 Å². The third kappa shape index (κ3) is 1.74. The maximum absolute atomic E-state index is 11.9. The van der Waals surface area contributed by atoms with Gasteiger partial charge in [-0.2, -0.15) is 30.7 Å². The molecule has 0 spiro atoms. The van der Waals surface area contributed by atoms with Crippen molar-refractivity contribution in [2.45, 2.75) is 18.0 Å². The highest BCUT2D eigenvalue weighted by atomic mass is 19.4. The molecule has 84 valence electrons. The SMILES string of the molecule is O=C(O[O-])C(F)(F)C(F)(F)C(F)(F)F. The molecule has 0 fully saturated rings. The standard InChI is InChI=1S/C4HF7O3/c5-2(6,1(12)14-13)3(7,8)4(9,10)11/h13H/p-1. The normalized spacial score (nSPS) is 14.0. The second-order valence-corrected chi connectivity index (χ2v) is 2.02. The van der Waals surface area contributed by atoms with Gasteiger partial charge in [0.05, 0.1) is 0 Å². The third-order valence-corrected chi connectivity index (χ3v) is 1.08. The monoisotopic (exact) mass is 229 g/mol. The lowest BCUT2D eigenvalue weighted by Crippen LogP contribution is -2.57. The lowest BCUT2D eigenvalue weighted by atomic mass is 10.1. The van der Waals surface area contributed by atoms with Crippen LogP contribution >= 0.6 is 0 Å². The molecule has 3 nitrogen and oxygen atoms in total. The van der Waals surface area contributed by atoms with E-state index >= 15 is 0 Å². The predicted octanol–water partition coefficient (Wildman–Crippen LogP) is 0.638. The quantitative estimate of drug-likeness (QED) is 0.396. The number of carbonyl (C=O) groups excluding carboxylic acids is 1. The van der Waals surface area contributed by atoms with Crippen LogP contribution in [0.2, 0.25) is 0 Å². The minimum absolute atomic E-state index is 1.88. The van der Waals surface area contributed by atoms with Gasteiger partial charge in [0.25, 0.3) is 0 Å². The van der Waals surface area contributed by atoms with E-state index in [4.69, 9.17) is 5.26 Å². The largest absolute Gasteiger partial charge is 0.661 e. The van der Waals surface area contributed by atoms with Crippen molar-refractivity contribution in [3.05, 3.63) is 0 Å². The topological polar surface area (TPSA) is 49.4 Å². The molecule has 0 atom stereocenters. The van der Waals surface area contributed by atoms with Gasteiger partial charge in [-0.25, -0.2) is 4.79 Å². The first kappa shape index (κ1) is 12.9. The molecule has 0 heterocycles. The zero-order valence-electron chi connectivity index (χ0n) is 5.87. The van der Waals surface area contributed by atoms with Crippen LogP contribution in [0.3, 0.4) is 0 Å². The molecule has 0 aliphatic heterocycles. The van der Waals surface area contributed by atoms with Gasteiger partial charge < -0.3 is 10.1 Å². The second-order valence-electron chi connectivity index (χ2n) is 2.02. The molecular weight excluding hydrogens is 229 g/mol. The number of alkyl halides is 7. The number of rotatable bonds is 2. The molecule has 0 saturated carbocycles. The van der Waals surface area contributed by atoms with Gasteiger partial charge >= 0.3 is 24.0 Å². The molecule has 10 heteroatoms. The maximum Gasteiger partial charge on any atom is 0.460 e. The summed E-state index contributed by atoms with van der Waals surface area (Å²) in [6.45, 7) is 0. The zero-order chi connectivity index (χ0) is 11.8. The lowest BCUT2D eigenvalue weighted by molar-refractivity contribution is -0.660. The van der Waals surface area contributed by atoms with Crippen LogP contribution < -0.4 is 5.26 Å². The Morgan fingerprint density at radius 2 is 1.36 bits per heavy atom. The van der Waals surface area contributed by atoms with Crippen LogP contribution in [-0.4, -0.2) is 24.0 Å². The van der Waals surface area contributed by atoms with Crippen LogP contribution in [0.5, 0.6) is 0 Å². The van der Waals surface area contributed by atoms with Gasteiger partial charge in [0.2, 0.25) is 0 Å². The molecular formula is C4F7O3-. The zero-order valence-corrected chi connectivity index (χ0v) is 5.87. The number of carbonyl (C=O) groups is 1. The van der Waals surface area contributed by atoms with E-state index in [0.717, 1.165) is 0 Å². The average Bonchev–Trinajstić information content (AvgIpc) is 2.00. The highest BCUT2D eigenvalue weighted by Gasteiger charge is 2.76. The van der Waals surface area contributed by atoms with E-state index in [9.17, 15) is 35.5 Å².